The molecule has 0 spiro atoms. The Hall–Kier alpha value is -2.33. The van der Waals surface area contributed by atoms with Crippen LogP contribution >= 0.6 is 0 Å². The van der Waals surface area contributed by atoms with Crippen molar-refractivity contribution >= 4 is 16.4 Å². The SMILES string of the molecule is C/C=C(\C)c1ccc(-c2cccnc2S(=O)C2CCCC2)cc1F.C=CC(=C)C.CC.CC.CC.CCCC. The third kappa shape index (κ3) is 16.4. The predicted octanol–water partition coefficient (Wildman–Crippen LogP) is 12.0. The minimum Gasteiger partial charge on any atom is -0.252 e. The molecule has 0 bridgehead atoms. The predicted molar refractivity (Wildman–Crippen MR) is 177 cm³/mol. The number of hydrogen-bond acceptors (Lipinski definition) is 2. The van der Waals surface area contributed by atoms with Crippen molar-refractivity contribution < 1.29 is 8.60 Å². The molecule has 39 heavy (non-hydrogen) atoms. The van der Waals surface area contributed by atoms with Crippen molar-refractivity contribution in [1.29, 1.82) is 0 Å². The highest BCUT2D eigenvalue weighted by atomic mass is 32.2. The summed E-state index contributed by atoms with van der Waals surface area (Å²) in [6.07, 6.45) is 12.1. The third-order valence-electron chi connectivity index (χ3n) is 5.55. The lowest BCUT2D eigenvalue weighted by atomic mass is 10.0. The van der Waals surface area contributed by atoms with Gasteiger partial charge in [0.15, 0.2) is 0 Å². The van der Waals surface area contributed by atoms with E-state index in [9.17, 15) is 8.60 Å². The summed E-state index contributed by atoms with van der Waals surface area (Å²) in [6, 6.07) is 8.89. The van der Waals surface area contributed by atoms with Gasteiger partial charge in [0.25, 0.3) is 0 Å². The minimum atomic E-state index is -1.14. The molecule has 1 heterocycles. The average molecular weight is 560 g/mol. The van der Waals surface area contributed by atoms with Crippen LogP contribution in [0.1, 0.15) is 120 Å². The van der Waals surface area contributed by atoms with Gasteiger partial charge in [-0.25, -0.2) is 9.37 Å². The number of hydrogen-bond donors (Lipinski definition) is 0. The van der Waals surface area contributed by atoms with Gasteiger partial charge in [-0.2, -0.15) is 0 Å². The van der Waals surface area contributed by atoms with Gasteiger partial charge < -0.3 is 0 Å². The van der Waals surface area contributed by atoms with Crippen LogP contribution in [0.2, 0.25) is 0 Å². The molecule has 1 aromatic carbocycles. The van der Waals surface area contributed by atoms with Crippen molar-refractivity contribution in [2.75, 3.05) is 0 Å². The molecule has 1 unspecified atom stereocenters. The zero-order valence-electron chi connectivity index (χ0n) is 27.0. The van der Waals surface area contributed by atoms with Gasteiger partial charge in [-0.15, -0.1) is 0 Å². The second-order valence-corrected chi connectivity index (χ2v) is 9.92. The molecular weight excluding hydrogens is 501 g/mol. The zero-order valence-corrected chi connectivity index (χ0v) is 27.8. The molecule has 1 atom stereocenters. The van der Waals surface area contributed by atoms with E-state index in [-0.39, 0.29) is 11.1 Å². The Labute approximate surface area is 244 Å². The number of allylic oxidation sites excluding steroid dienone is 4. The summed E-state index contributed by atoms with van der Waals surface area (Å²) in [4.78, 5) is 4.37. The molecule has 0 saturated heterocycles. The minimum absolute atomic E-state index is 0.174. The summed E-state index contributed by atoms with van der Waals surface area (Å²) >= 11 is 0. The number of unbranched alkanes of at least 4 members (excludes halogenated alkanes) is 1. The number of aromatic nitrogens is 1. The molecule has 2 nitrogen and oxygen atoms in total. The fourth-order valence-electron chi connectivity index (χ4n) is 3.19. The standard InChI is InChI=1S/C20H22FNOS.C5H8.C4H10.3C2H6/c1-3-14(2)17-11-10-15(13-19(17)21)18-9-6-12-22-20(18)24(23)16-7-4-5-8-16;1-4-5(2)3;1-3-4-2;3*1-2/h3,6,9-13,16H,4-5,7-8H2,1-2H3;4H,1-2H2,3H3;3-4H2,1-2H3;3*1-2H3/b14-3+;;;;;. The second kappa shape index (κ2) is 27.2. The van der Waals surface area contributed by atoms with E-state index in [1.807, 2.05) is 86.6 Å². The molecule has 4 heteroatoms. The Morgan fingerprint density at radius 2 is 1.54 bits per heavy atom. The lowest BCUT2D eigenvalue weighted by molar-refractivity contribution is 0.624. The first kappa shape index (κ1) is 41.2. The van der Waals surface area contributed by atoms with Gasteiger partial charge >= 0.3 is 0 Å². The fraction of sp³-hybridized carbons (Fsp3) is 0.514. The monoisotopic (exact) mass is 559 g/mol. The molecule has 0 N–H and O–H groups in total. The summed E-state index contributed by atoms with van der Waals surface area (Å²) in [7, 11) is -1.14. The number of rotatable bonds is 6. The van der Waals surface area contributed by atoms with Gasteiger partial charge in [-0.3, -0.25) is 4.21 Å². The van der Waals surface area contributed by atoms with Crippen LogP contribution in [0.15, 0.2) is 72.4 Å². The van der Waals surface area contributed by atoms with Crippen molar-refractivity contribution in [1.82, 2.24) is 4.98 Å². The van der Waals surface area contributed by atoms with E-state index in [1.54, 1.807) is 18.3 Å². The normalized spacial score (nSPS) is 12.7. The van der Waals surface area contributed by atoms with E-state index >= 15 is 0 Å². The number of pyridine rings is 1. The maximum Gasteiger partial charge on any atom is 0.135 e. The van der Waals surface area contributed by atoms with Gasteiger partial charge in [0.2, 0.25) is 0 Å². The quantitative estimate of drug-likeness (QED) is 0.329. The van der Waals surface area contributed by atoms with Gasteiger partial charge in [0, 0.05) is 22.6 Å². The van der Waals surface area contributed by atoms with Crippen molar-refractivity contribution in [3.63, 3.8) is 0 Å². The van der Waals surface area contributed by atoms with Crippen molar-refractivity contribution in [2.24, 2.45) is 0 Å². The smallest absolute Gasteiger partial charge is 0.135 e. The second-order valence-electron chi connectivity index (χ2n) is 8.28. The van der Waals surface area contributed by atoms with Crippen LogP contribution in [-0.4, -0.2) is 14.4 Å². The summed E-state index contributed by atoms with van der Waals surface area (Å²) in [6.45, 7) is 29.1. The van der Waals surface area contributed by atoms with Crippen LogP contribution in [0.25, 0.3) is 16.7 Å². The molecule has 0 amide bonds. The topological polar surface area (TPSA) is 30.0 Å². The fourth-order valence-corrected chi connectivity index (χ4v) is 4.83. The lowest BCUT2D eigenvalue weighted by Gasteiger charge is -2.13. The Morgan fingerprint density at radius 1 is 1.03 bits per heavy atom. The van der Waals surface area contributed by atoms with E-state index in [0.717, 1.165) is 48.0 Å². The molecule has 2 aromatic rings. The first-order chi connectivity index (χ1) is 18.8. The maximum atomic E-state index is 14.5. The first-order valence-corrected chi connectivity index (χ1v) is 16.1. The van der Waals surface area contributed by atoms with E-state index in [1.165, 1.54) is 18.9 Å². The van der Waals surface area contributed by atoms with E-state index in [2.05, 4.69) is 32.0 Å². The van der Waals surface area contributed by atoms with Crippen molar-refractivity contribution in [3.8, 4) is 11.1 Å². The molecule has 1 fully saturated rings. The number of benzene rings is 1. The van der Waals surface area contributed by atoms with Crippen LogP contribution in [0.4, 0.5) is 4.39 Å². The highest BCUT2D eigenvalue weighted by Crippen LogP contribution is 2.32. The third-order valence-corrected chi connectivity index (χ3v) is 7.34. The van der Waals surface area contributed by atoms with Gasteiger partial charge in [-0.05, 0) is 56.9 Å². The Bertz CT molecular complexity index is 957. The van der Waals surface area contributed by atoms with Crippen molar-refractivity contribution in [2.45, 2.75) is 125 Å². The molecule has 0 aliphatic heterocycles. The summed E-state index contributed by atoms with van der Waals surface area (Å²) in [5.74, 6) is -0.260. The van der Waals surface area contributed by atoms with E-state index < -0.39 is 10.8 Å². The molecular formula is C35H58FNOS. The van der Waals surface area contributed by atoms with Crippen LogP contribution < -0.4 is 0 Å². The first-order valence-electron chi connectivity index (χ1n) is 14.9. The van der Waals surface area contributed by atoms with Crippen molar-refractivity contribution in [3.05, 3.63) is 78.8 Å². The number of nitrogens with zero attached hydrogens (tertiary/aromatic N) is 1. The summed E-state index contributed by atoms with van der Waals surface area (Å²) < 4.78 is 27.4. The van der Waals surface area contributed by atoms with E-state index in [0.29, 0.717) is 10.6 Å². The highest BCUT2D eigenvalue weighted by molar-refractivity contribution is 7.85. The zero-order chi connectivity index (χ0) is 30.8. The summed E-state index contributed by atoms with van der Waals surface area (Å²) in [5, 5.41) is 0.757. The molecule has 0 radical (unpaired) electrons. The Kier molecular flexibility index (Phi) is 28.8. The van der Waals surface area contributed by atoms with Crippen LogP contribution in [-0.2, 0) is 10.8 Å². The average Bonchev–Trinajstić information content (AvgIpc) is 3.55. The molecule has 1 aromatic heterocycles. The van der Waals surface area contributed by atoms with Crippen LogP contribution in [0, 0.1) is 5.82 Å². The largest absolute Gasteiger partial charge is 0.252 e. The molecule has 1 saturated carbocycles. The van der Waals surface area contributed by atoms with Gasteiger partial charge in [-0.1, -0.05) is 130 Å². The summed E-state index contributed by atoms with van der Waals surface area (Å²) in [5.41, 5.74) is 4.02. The van der Waals surface area contributed by atoms with Crippen LogP contribution in [0.5, 0.6) is 0 Å². The number of halogens is 1. The van der Waals surface area contributed by atoms with Crippen LogP contribution in [0.3, 0.4) is 0 Å². The molecule has 222 valence electrons. The van der Waals surface area contributed by atoms with Gasteiger partial charge in [0.05, 0.1) is 10.8 Å². The lowest BCUT2D eigenvalue weighted by Crippen LogP contribution is -2.12. The van der Waals surface area contributed by atoms with Gasteiger partial charge in [0.1, 0.15) is 10.8 Å². The maximum absolute atomic E-state index is 14.5. The molecule has 3 rings (SSSR count). The highest BCUT2D eigenvalue weighted by Gasteiger charge is 2.25. The molecule has 1 aliphatic carbocycles. The van der Waals surface area contributed by atoms with E-state index in [4.69, 9.17) is 0 Å². The molecule has 1 aliphatic rings. The Balaban J connectivity index is -0.000000726. The Morgan fingerprint density at radius 3 is 1.95 bits per heavy atom.